The van der Waals surface area contributed by atoms with Crippen molar-refractivity contribution in [2.24, 2.45) is 0 Å². The Morgan fingerprint density at radius 3 is 2.52 bits per heavy atom. The molecule has 1 heterocycles. The first-order valence-electron chi connectivity index (χ1n) is 12.9. The van der Waals surface area contributed by atoms with E-state index in [1.807, 2.05) is 37.3 Å². The predicted octanol–water partition coefficient (Wildman–Crippen LogP) is 7.49. The van der Waals surface area contributed by atoms with Gasteiger partial charge in [0.25, 0.3) is 11.1 Å². The average Bonchev–Trinajstić information content (AvgIpc) is 3.21. The van der Waals surface area contributed by atoms with Crippen LogP contribution in [0.2, 0.25) is 5.02 Å². The van der Waals surface area contributed by atoms with E-state index in [9.17, 15) is 14.4 Å². The Kier molecular flexibility index (Phi) is 10.7. The predicted molar refractivity (Wildman–Crippen MR) is 169 cm³/mol. The van der Waals surface area contributed by atoms with Gasteiger partial charge in [-0.15, -0.1) is 6.58 Å². The van der Waals surface area contributed by atoms with Gasteiger partial charge in [-0.2, -0.15) is 0 Å². The van der Waals surface area contributed by atoms with Gasteiger partial charge in [-0.3, -0.25) is 19.3 Å². The third-order valence-corrected chi connectivity index (χ3v) is 7.75. The number of amides is 3. The number of methoxy groups -OCH3 is 1. The van der Waals surface area contributed by atoms with Gasteiger partial charge in [0.05, 0.1) is 23.6 Å². The van der Waals surface area contributed by atoms with Crippen LogP contribution in [0.1, 0.15) is 23.6 Å². The van der Waals surface area contributed by atoms with E-state index >= 15 is 0 Å². The van der Waals surface area contributed by atoms with E-state index in [0.29, 0.717) is 53.2 Å². The normalized spacial score (nSPS) is 13.8. The number of nitrogens with zero attached hydrogens (tertiary/aromatic N) is 1. The van der Waals surface area contributed by atoms with Gasteiger partial charge in [-0.05, 0) is 84.8 Å². The van der Waals surface area contributed by atoms with Crippen LogP contribution in [0.15, 0.2) is 76.6 Å². The summed E-state index contributed by atoms with van der Waals surface area (Å²) in [5.74, 6) is 0.446. The zero-order valence-electron chi connectivity index (χ0n) is 22.9. The molecule has 42 heavy (non-hydrogen) atoms. The Bertz CT molecular complexity index is 1540. The van der Waals surface area contributed by atoms with Crippen LogP contribution in [0.4, 0.5) is 10.5 Å². The van der Waals surface area contributed by atoms with Crippen molar-refractivity contribution in [3.63, 3.8) is 0 Å². The number of rotatable bonds is 12. The van der Waals surface area contributed by atoms with Gasteiger partial charge in [-0.1, -0.05) is 45.7 Å². The summed E-state index contributed by atoms with van der Waals surface area (Å²) in [5.41, 5.74) is 2.86. The molecule has 1 aliphatic heterocycles. The highest BCUT2D eigenvalue weighted by Gasteiger charge is 2.36. The number of thioether (sulfide) groups is 1. The lowest BCUT2D eigenvalue weighted by Gasteiger charge is -2.17. The molecule has 218 valence electrons. The fourth-order valence-corrected chi connectivity index (χ4v) is 5.47. The lowest BCUT2D eigenvalue weighted by Crippen LogP contribution is -2.36. The number of allylic oxidation sites excluding steroid dienone is 1. The van der Waals surface area contributed by atoms with E-state index in [1.165, 1.54) is 13.2 Å². The topological polar surface area (TPSA) is 94.2 Å². The molecule has 0 bridgehead atoms. The summed E-state index contributed by atoms with van der Waals surface area (Å²) in [6, 6.07) is 16.2. The number of carbonyl (C=O) groups is 3. The molecule has 0 unspecified atom stereocenters. The first-order valence-corrected chi connectivity index (χ1v) is 14.9. The molecule has 1 aliphatic rings. The molecule has 1 saturated heterocycles. The Labute approximate surface area is 261 Å². The van der Waals surface area contributed by atoms with Crippen molar-refractivity contribution in [1.29, 1.82) is 0 Å². The SMILES string of the molecule is C=CCc1cc(/C=C2\SC(=O)N(CC(=O)Nc3ccc(OC)c(Cl)c3)C2=O)cc(OCC)c1OCc1ccc(Br)cc1. The Balaban J connectivity index is 1.52. The van der Waals surface area contributed by atoms with Crippen LogP contribution in [0.3, 0.4) is 0 Å². The first-order chi connectivity index (χ1) is 20.2. The summed E-state index contributed by atoms with van der Waals surface area (Å²) in [4.78, 5) is 39.6. The minimum atomic E-state index is -0.563. The molecule has 3 amide bonds. The molecule has 3 aromatic carbocycles. The van der Waals surface area contributed by atoms with Crippen LogP contribution in [0, 0.1) is 0 Å². The number of hydrogen-bond acceptors (Lipinski definition) is 7. The van der Waals surface area contributed by atoms with Gasteiger partial charge in [0.2, 0.25) is 5.91 Å². The Morgan fingerprint density at radius 1 is 1.10 bits per heavy atom. The van der Waals surface area contributed by atoms with Crippen molar-refractivity contribution in [3.05, 3.63) is 98.3 Å². The van der Waals surface area contributed by atoms with Crippen molar-refractivity contribution in [2.45, 2.75) is 20.0 Å². The lowest BCUT2D eigenvalue weighted by atomic mass is 10.0. The molecular formula is C31H28BrClN2O6S. The molecular weight excluding hydrogens is 644 g/mol. The van der Waals surface area contributed by atoms with Crippen LogP contribution in [-0.4, -0.2) is 42.2 Å². The maximum absolute atomic E-state index is 13.1. The van der Waals surface area contributed by atoms with Crippen molar-refractivity contribution >= 4 is 68.1 Å². The highest BCUT2D eigenvalue weighted by Crippen LogP contribution is 2.38. The molecule has 0 saturated carbocycles. The number of ether oxygens (including phenoxy) is 3. The standard InChI is InChI=1S/C31H28BrClN2O6S/c1-4-6-21-13-20(14-26(40-5-2)29(21)41-18-19-7-9-22(32)10-8-19)15-27-30(37)35(31(38)42-27)17-28(36)34-23-11-12-25(39-3)24(33)16-23/h4,7-16H,1,5-6,17-18H2,2-3H3,(H,34,36)/b27-15-. The maximum Gasteiger partial charge on any atom is 0.294 e. The Morgan fingerprint density at radius 2 is 1.86 bits per heavy atom. The Hall–Kier alpha value is -3.73. The molecule has 0 atom stereocenters. The van der Waals surface area contributed by atoms with Gasteiger partial charge >= 0.3 is 0 Å². The minimum Gasteiger partial charge on any atom is -0.495 e. The van der Waals surface area contributed by atoms with Gasteiger partial charge in [0, 0.05) is 15.7 Å². The monoisotopic (exact) mass is 670 g/mol. The van der Waals surface area contributed by atoms with Crippen molar-refractivity contribution in [2.75, 3.05) is 25.6 Å². The minimum absolute atomic E-state index is 0.191. The summed E-state index contributed by atoms with van der Waals surface area (Å²) in [5, 5.41) is 2.42. The lowest BCUT2D eigenvalue weighted by molar-refractivity contribution is -0.127. The number of imide groups is 1. The number of benzene rings is 3. The highest BCUT2D eigenvalue weighted by atomic mass is 79.9. The number of nitrogens with one attached hydrogen (secondary N) is 1. The second-order valence-electron chi connectivity index (χ2n) is 9.01. The van der Waals surface area contributed by atoms with Gasteiger partial charge in [0.1, 0.15) is 18.9 Å². The maximum atomic E-state index is 13.1. The first kappa shape index (κ1) is 31.2. The van der Waals surface area contributed by atoms with Crippen LogP contribution in [0.5, 0.6) is 17.2 Å². The molecule has 0 radical (unpaired) electrons. The van der Waals surface area contributed by atoms with Gasteiger partial charge in [0.15, 0.2) is 11.5 Å². The molecule has 0 spiro atoms. The molecule has 4 rings (SSSR count). The van der Waals surface area contributed by atoms with E-state index in [2.05, 4.69) is 27.8 Å². The van der Waals surface area contributed by atoms with E-state index in [1.54, 1.807) is 30.4 Å². The van der Waals surface area contributed by atoms with Crippen molar-refractivity contribution < 1.29 is 28.6 Å². The molecule has 0 aliphatic carbocycles. The van der Waals surface area contributed by atoms with Gasteiger partial charge in [-0.25, -0.2) is 0 Å². The smallest absolute Gasteiger partial charge is 0.294 e. The average molecular weight is 672 g/mol. The van der Waals surface area contributed by atoms with Crippen LogP contribution >= 0.6 is 39.3 Å². The second-order valence-corrected chi connectivity index (χ2v) is 11.3. The quantitative estimate of drug-likeness (QED) is 0.158. The number of halogens is 2. The summed E-state index contributed by atoms with van der Waals surface area (Å²) in [7, 11) is 1.48. The third-order valence-electron chi connectivity index (χ3n) is 6.02. The summed E-state index contributed by atoms with van der Waals surface area (Å²) >= 11 is 10.3. The van der Waals surface area contributed by atoms with Crippen LogP contribution in [-0.2, 0) is 22.6 Å². The van der Waals surface area contributed by atoms with Crippen molar-refractivity contribution in [1.82, 2.24) is 4.90 Å². The molecule has 3 aromatic rings. The largest absolute Gasteiger partial charge is 0.495 e. The summed E-state index contributed by atoms with van der Waals surface area (Å²) < 4.78 is 18.2. The molecule has 1 fully saturated rings. The van der Waals surface area contributed by atoms with E-state index in [-0.39, 0.29) is 4.91 Å². The summed E-state index contributed by atoms with van der Waals surface area (Å²) in [6.45, 7) is 6.02. The van der Waals surface area contributed by atoms with Gasteiger partial charge < -0.3 is 19.5 Å². The number of carbonyl (C=O) groups excluding carboxylic acids is 3. The fourth-order valence-electron chi connectivity index (χ4n) is 4.11. The van der Waals surface area contributed by atoms with E-state index < -0.39 is 23.6 Å². The molecule has 0 aromatic heterocycles. The van der Waals surface area contributed by atoms with E-state index in [0.717, 1.165) is 32.3 Å². The molecule has 8 nitrogen and oxygen atoms in total. The third kappa shape index (κ3) is 7.76. The number of hydrogen-bond donors (Lipinski definition) is 1. The zero-order valence-corrected chi connectivity index (χ0v) is 26.1. The van der Waals surface area contributed by atoms with Crippen LogP contribution < -0.4 is 19.5 Å². The van der Waals surface area contributed by atoms with Crippen LogP contribution in [0.25, 0.3) is 6.08 Å². The fraction of sp³-hybridized carbons (Fsp3) is 0.194. The summed E-state index contributed by atoms with van der Waals surface area (Å²) in [6.07, 6.45) is 3.86. The molecule has 1 N–H and O–H groups in total. The molecule has 11 heteroatoms. The highest BCUT2D eigenvalue weighted by molar-refractivity contribution is 9.10. The van der Waals surface area contributed by atoms with Crippen molar-refractivity contribution in [3.8, 4) is 17.2 Å². The second kappa shape index (κ2) is 14.4. The number of anilines is 1. The van der Waals surface area contributed by atoms with E-state index in [4.69, 9.17) is 25.8 Å². The zero-order chi connectivity index (χ0) is 30.2.